The van der Waals surface area contributed by atoms with Crippen LogP contribution in [0.2, 0.25) is 0 Å². The second kappa shape index (κ2) is 6.32. The Hall–Kier alpha value is -0.900. The average Bonchev–Trinajstić information content (AvgIpc) is 2.36. The highest BCUT2D eigenvalue weighted by molar-refractivity contribution is 9.10. The SMILES string of the molecule is CCC(CC)(CC)NC(=O)c1ccc(F)cc1Br. The van der Waals surface area contributed by atoms with Crippen LogP contribution in [-0.4, -0.2) is 11.4 Å². The fraction of sp³-hybridized carbons (Fsp3) is 0.500. The van der Waals surface area contributed by atoms with Crippen LogP contribution in [0.5, 0.6) is 0 Å². The maximum atomic E-state index is 13.0. The molecule has 0 unspecified atom stereocenters. The van der Waals surface area contributed by atoms with Crippen LogP contribution in [0, 0.1) is 5.82 Å². The summed E-state index contributed by atoms with van der Waals surface area (Å²) in [5.74, 6) is -0.515. The maximum absolute atomic E-state index is 13.0. The monoisotopic (exact) mass is 315 g/mol. The van der Waals surface area contributed by atoms with Crippen LogP contribution in [0.4, 0.5) is 4.39 Å². The number of carbonyl (C=O) groups excluding carboxylic acids is 1. The Bertz CT molecular complexity index is 422. The minimum atomic E-state index is -0.355. The van der Waals surface area contributed by atoms with Crippen molar-refractivity contribution in [3.05, 3.63) is 34.1 Å². The molecule has 18 heavy (non-hydrogen) atoms. The van der Waals surface area contributed by atoms with E-state index in [9.17, 15) is 9.18 Å². The van der Waals surface area contributed by atoms with Crippen molar-refractivity contribution in [2.75, 3.05) is 0 Å². The molecular weight excluding hydrogens is 297 g/mol. The zero-order valence-electron chi connectivity index (χ0n) is 11.0. The third-order valence-corrected chi connectivity index (χ3v) is 4.24. The fourth-order valence-electron chi connectivity index (χ4n) is 2.00. The lowest BCUT2D eigenvalue weighted by molar-refractivity contribution is 0.0887. The van der Waals surface area contributed by atoms with Gasteiger partial charge in [0, 0.05) is 10.0 Å². The van der Waals surface area contributed by atoms with Crippen molar-refractivity contribution in [2.24, 2.45) is 0 Å². The lowest BCUT2D eigenvalue weighted by Gasteiger charge is -2.32. The van der Waals surface area contributed by atoms with Gasteiger partial charge in [0.1, 0.15) is 5.82 Å². The lowest BCUT2D eigenvalue weighted by Crippen LogP contribution is -2.47. The Balaban J connectivity index is 2.94. The first-order valence-corrected chi connectivity index (χ1v) is 7.05. The minimum Gasteiger partial charge on any atom is -0.347 e. The molecule has 0 spiro atoms. The first kappa shape index (κ1) is 15.2. The van der Waals surface area contributed by atoms with E-state index in [0.717, 1.165) is 19.3 Å². The smallest absolute Gasteiger partial charge is 0.252 e. The third kappa shape index (κ3) is 3.31. The average molecular weight is 316 g/mol. The Kier molecular flexibility index (Phi) is 5.32. The van der Waals surface area contributed by atoms with Crippen molar-refractivity contribution in [2.45, 2.75) is 45.6 Å². The van der Waals surface area contributed by atoms with Crippen molar-refractivity contribution >= 4 is 21.8 Å². The number of carbonyl (C=O) groups is 1. The molecule has 0 aliphatic rings. The molecule has 0 atom stereocenters. The summed E-state index contributed by atoms with van der Waals surface area (Å²) in [5, 5.41) is 3.06. The highest BCUT2D eigenvalue weighted by Gasteiger charge is 2.26. The quantitative estimate of drug-likeness (QED) is 0.863. The summed E-state index contributed by atoms with van der Waals surface area (Å²) in [6, 6.07) is 4.10. The Labute approximate surface area is 116 Å². The van der Waals surface area contributed by atoms with Gasteiger partial charge in [-0.2, -0.15) is 0 Å². The summed E-state index contributed by atoms with van der Waals surface area (Å²) in [4.78, 5) is 12.2. The Morgan fingerprint density at radius 1 is 1.28 bits per heavy atom. The van der Waals surface area contributed by atoms with Gasteiger partial charge in [-0.1, -0.05) is 20.8 Å². The lowest BCUT2D eigenvalue weighted by atomic mass is 9.89. The van der Waals surface area contributed by atoms with Crippen molar-refractivity contribution in [1.29, 1.82) is 0 Å². The van der Waals surface area contributed by atoms with Gasteiger partial charge in [0.2, 0.25) is 0 Å². The second-order valence-corrected chi connectivity index (χ2v) is 5.27. The van der Waals surface area contributed by atoms with Crippen molar-refractivity contribution in [3.8, 4) is 0 Å². The molecule has 0 aliphatic carbocycles. The van der Waals surface area contributed by atoms with Gasteiger partial charge < -0.3 is 5.32 Å². The summed E-state index contributed by atoms with van der Waals surface area (Å²) in [7, 11) is 0. The van der Waals surface area contributed by atoms with Gasteiger partial charge in [-0.15, -0.1) is 0 Å². The molecule has 1 rings (SSSR count). The predicted octanol–water partition coefficient (Wildman–Crippen LogP) is 4.29. The largest absolute Gasteiger partial charge is 0.347 e. The van der Waals surface area contributed by atoms with E-state index in [1.807, 2.05) is 0 Å². The van der Waals surface area contributed by atoms with Crippen LogP contribution in [0.3, 0.4) is 0 Å². The zero-order chi connectivity index (χ0) is 13.8. The molecule has 0 radical (unpaired) electrons. The van der Waals surface area contributed by atoms with Crippen LogP contribution in [0.25, 0.3) is 0 Å². The first-order chi connectivity index (χ1) is 8.48. The van der Waals surface area contributed by atoms with Gasteiger partial charge >= 0.3 is 0 Å². The summed E-state index contributed by atoms with van der Waals surface area (Å²) >= 11 is 3.22. The number of benzene rings is 1. The van der Waals surface area contributed by atoms with Gasteiger partial charge in [0.15, 0.2) is 0 Å². The van der Waals surface area contributed by atoms with E-state index in [2.05, 4.69) is 42.0 Å². The van der Waals surface area contributed by atoms with Gasteiger partial charge in [-0.3, -0.25) is 4.79 Å². The zero-order valence-corrected chi connectivity index (χ0v) is 12.6. The molecular formula is C14H19BrFNO. The molecule has 0 heterocycles. The second-order valence-electron chi connectivity index (χ2n) is 4.42. The molecule has 0 aliphatic heterocycles. The number of amides is 1. The molecule has 2 nitrogen and oxygen atoms in total. The summed E-state index contributed by atoms with van der Waals surface area (Å²) in [6.07, 6.45) is 2.64. The van der Waals surface area contributed by atoms with Crippen LogP contribution < -0.4 is 5.32 Å². The van der Waals surface area contributed by atoms with E-state index in [1.165, 1.54) is 18.2 Å². The third-order valence-electron chi connectivity index (χ3n) is 3.58. The first-order valence-electron chi connectivity index (χ1n) is 6.25. The van der Waals surface area contributed by atoms with Crippen LogP contribution in [0.1, 0.15) is 50.4 Å². The molecule has 1 aromatic rings. The van der Waals surface area contributed by atoms with E-state index in [4.69, 9.17) is 0 Å². The molecule has 100 valence electrons. The van der Waals surface area contributed by atoms with Gasteiger partial charge in [0.05, 0.1) is 5.56 Å². The van der Waals surface area contributed by atoms with Gasteiger partial charge in [0.25, 0.3) is 5.91 Å². The number of hydrogen-bond acceptors (Lipinski definition) is 1. The van der Waals surface area contributed by atoms with Crippen molar-refractivity contribution in [1.82, 2.24) is 5.32 Å². The molecule has 0 bridgehead atoms. The summed E-state index contributed by atoms with van der Waals surface area (Å²) < 4.78 is 13.5. The highest BCUT2D eigenvalue weighted by Crippen LogP contribution is 2.23. The number of rotatable bonds is 5. The van der Waals surface area contributed by atoms with Crippen molar-refractivity contribution < 1.29 is 9.18 Å². The topological polar surface area (TPSA) is 29.1 Å². The standard InChI is InChI=1S/C14H19BrFNO/c1-4-14(5-2,6-3)17-13(18)11-8-7-10(16)9-12(11)15/h7-9H,4-6H2,1-3H3,(H,17,18). The number of hydrogen-bond donors (Lipinski definition) is 1. The van der Waals surface area contributed by atoms with Crippen LogP contribution in [0.15, 0.2) is 22.7 Å². The van der Waals surface area contributed by atoms with E-state index in [0.29, 0.717) is 10.0 Å². The Morgan fingerprint density at radius 2 is 1.83 bits per heavy atom. The van der Waals surface area contributed by atoms with Gasteiger partial charge in [-0.05, 0) is 53.4 Å². The minimum absolute atomic E-state index is 0.160. The molecule has 1 aromatic carbocycles. The molecule has 4 heteroatoms. The van der Waals surface area contributed by atoms with E-state index < -0.39 is 0 Å². The Morgan fingerprint density at radius 3 is 2.28 bits per heavy atom. The molecule has 0 saturated carbocycles. The molecule has 0 aromatic heterocycles. The number of nitrogens with one attached hydrogen (secondary N) is 1. The predicted molar refractivity (Wildman–Crippen MR) is 75.2 cm³/mol. The number of halogens is 2. The summed E-state index contributed by atoms with van der Waals surface area (Å²) in [6.45, 7) is 6.19. The highest BCUT2D eigenvalue weighted by atomic mass is 79.9. The van der Waals surface area contributed by atoms with Crippen LogP contribution in [-0.2, 0) is 0 Å². The van der Waals surface area contributed by atoms with Gasteiger partial charge in [-0.25, -0.2) is 4.39 Å². The maximum Gasteiger partial charge on any atom is 0.252 e. The molecule has 0 fully saturated rings. The normalized spacial score (nSPS) is 11.4. The van der Waals surface area contributed by atoms with E-state index in [1.54, 1.807) is 0 Å². The van der Waals surface area contributed by atoms with Crippen LogP contribution >= 0.6 is 15.9 Å². The molecule has 0 saturated heterocycles. The van der Waals surface area contributed by atoms with E-state index >= 15 is 0 Å². The summed E-state index contributed by atoms with van der Waals surface area (Å²) in [5.41, 5.74) is 0.293. The fourth-order valence-corrected chi connectivity index (χ4v) is 2.53. The molecule has 1 amide bonds. The molecule has 1 N–H and O–H groups in total. The van der Waals surface area contributed by atoms with E-state index in [-0.39, 0.29) is 17.3 Å². The van der Waals surface area contributed by atoms with Crippen molar-refractivity contribution in [3.63, 3.8) is 0 Å².